The Morgan fingerprint density at radius 1 is 0.296 bits per heavy atom. The highest BCUT2D eigenvalue weighted by molar-refractivity contribution is 5.71. The first-order valence-corrected chi connectivity index (χ1v) is 29.4. The summed E-state index contributed by atoms with van der Waals surface area (Å²) in [5, 5.41) is 0. The second-order valence-electron chi connectivity index (χ2n) is 19.2. The van der Waals surface area contributed by atoms with Gasteiger partial charge in [0.2, 0.25) is 0 Å². The van der Waals surface area contributed by atoms with Crippen LogP contribution in [-0.4, -0.2) is 37.2 Å². The lowest BCUT2D eigenvalue weighted by atomic mass is 10.1. The third kappa shape index (κ3) is 56.9. The van der Waals surface area contributed by atoms with Crippen molar-refractivity contribution >= 4 is 17.9 Å². The number of hydrogen-bond donors (Lipinski definition) is 0. The quantitative estimate of drug-likeness (QED) is 0.0261. The summed E-state index contributed by atoms with van der Waals surface area (Å²) >= 11 is 0. The highest BCUT2D eigenvalue weighted by atomic mass is 16.6. The Kier molecular flexibility index (Phi) is 55.4. The van der Waals surface area contributed by atoms with Gasteiger partial charge in [0, 0.05) is 19.3 Å². The fraction of sp³-hybridized carbons (Fsp3) is 0.677. The van der Waals surface area contributed by atoms with Crippen molar-refractivity contribution in [3.8, 4) is 0 Å². The van der Waals surface area contributed by atoms with Crippen molar-refractivity contribution in [2.24, 2.45) is 0 Å². The van der Waals surface area contributed by atoms with Gasteiger partial charge in [-0.1, -0.05) is 226 Å². The third-order valence-corrected chi connectivity index (χ3v) is 12.2. The summed E-state index contributed by atoms with van der Waals surface area (Å²) in [6.07, 6.45) is 79.3. The van der Waals surface area contributed by atoms with Gasteiger partial charge in [0.25, 0.3) is 0 Å². The van der Waals surface area contributed by atoms with Crippen molar-refractivity contribution in [1.82, 2.24) is 0 Å². The van der Waals surface area contributed by atoms with Crippen LogP contribution in [-0.2, 0) is 28.6 Å². The van der Waals surface area contributed by atoms with E-state index >= 15 is 0 Å². The molecule has 71 heavy (non-hydrogen) atoms. The van der Waals surface area contributed by atoms with E-state index in [1.165, 1.54) is 103 Å². The van der Waals surface area contributed by atoms with Gasteiger partial charge in [0.05, 0.1) is 0 Å². The predicted octanol–water partition coefficient (Wildman–Crippen LogP) is 19.9. The minimum Gasteiger partial charge on any atom is -0.462 e. The lowest BCUT2D eigenvalue weighted by Crippen LogP contribution is -2.30. The fourth-order valence-corrected chi connectivity index (χ4v) is 7.82. The number of carbonyl (C=O) groups is 3. The summed E-state index contributed by atoms with van der Waals surface area (Å²) in [6.45, 7) is 6.45. The van der Waals surface area contributed by atoms with E-state index in [1.807, 2.05) is 0 Å². The molecule has 0 unspecified atom stereocenters. The van der Waals surface area contributed by atoms with E-state index in [4.69, 9.17) is 14.2 Å². The van der Waals surface area contributed by atoms with Crippen LogP contribution in [0.2, 0.25) is 0 Å². The van der Waals surface area contributed by atoms with Crippen molar-refractivity contribution in [3.05, 3.63) is 109 Å². The average molecular weight is 986 g/mol. The zero-order chi connectivity index (χ0) is 51.4. The Balaban J connectivity index is 4.50. The van der Waals surface area contributed by atoms with E-state index in [0.717, 1.165) is 122 Å². The first-order chi connectivity index (χ1) is 35.0. The maximum atomic E-state index is 12.9. The Morgan fingerprint density at radius 3 is 0.915 bits per heavy atom. The van der Waals surface area contributed by atoms with Gasteiger partial charge in [-0.3, -0.25) is 14.4 Å². The summed E-state index contributed by atoms with van der Waals surface area (Å²) in [5.41, 5.74) is 0. The van der Waals surface area contributed by atoms with Crippen molar-refractivity contribution in [1.29, 1.82) is 0 Å². The number of allylic oxidation sites excluding steroid dienone is 18. The summed E-state index contributed by atoms with van der Waals surface area (Å²) in [6, 6.07) is 0. The molecule has 0 aromatic rings. The molecule has 0 amide bonds. The molecule has 6 nitrogen and oxygen atoms in total. The minimum absolute atomic E-state index is 0.103. The van der Waals surface area contributed by atoms with E-state index in [-0.39, 0.29) is 31.1 Å². The normalized spacial score (nSPS) is 12.9. The van der Waals surface area contributed by atoms with Crippen LogP contribution in [0.5, 0.6) is 0 Å². The van der Waals surface area contributed by atoms with E-state index in [1.54, 1.807) is 0 Å². The third-order valence-electron chi connectivity index (χ3n) is 12.2. The molecule has 0 aromatic carbocycles. The summed E-state index contributed by atoms with van der Waals surface area (Å²) in [4.78, 5) is 38.2. The van der Waals surface area contributed by atoms with Gasteiger partial charge in [-0.15, -0.1) is 0 Å². The van der Waals surface area contributed by atoms with Gasteiger partial charge in [-0.2, -0.15) is 0 Å². The van der Waals surface area contributed by atoms with Crippen molar-refractivity contribution < 1.29 is 28.6 Å². The number of carbonyl (C=O) groups excluding carboxylic acids is 3. The Hall–Kier alpha value is -3.93. The first kappa shape index (κ1) is 67.1. The number of rotatable bonds is 52. The zero-order valence-electron chi connectivity index (χ0n) is 46.2. The first-order valence-electron chi connectivity index (χ1n) is 29.4. The highest BCUT2D eigenvalue weighted by Crippen LogP contribution is 2.14. The van der Waals surface area contributed by atoms with Gasteiger partial charge >= 0.3 is 17.9 Å². The number of esters is 3. The SMILES string of the molecule is CC/C=C\C/C=C\C/C=C\C/C=C\C/C=C\CCCCCC(=O)OC[C@H](COC(=O)CCCCCC/C=C\C/C=C\C/C=C\CCCCC)OC(=O)CCCCCCCCC/C=C\CCCCCCCC. The molecule has 0 aliphatic heterocycles. The molecule has 0 spiro atoms. The molecule has 0 saturated carbocycles. The summed E-state index contributed by atoms with van der Waals surface area (Å²) in [7, 11) is 0. The molecule has 0 radical (unpaired) electrons. The van der Waals surface area contributed by atoms with Crippen LogP contribution in [0, 0.1) is 0 Å². The monoisotopic (exact) mass is 985 g/mol. The second-order valence-corrected chi connectivity index (χ2v) is 19.2. The van der Waals surface area contributed by atoms with Crippen LogP contribution in [0.3, 0.4) is 0 Å². The Labute approximate surface area is 438 Å². The standard InChI is InChI=1S/C65H108O6/c1-4-7-10-13-16-19-22-25-28-31-32-35-37-40-43-46-49-52-55-58-64(67)70-61-62(71-65(68)59-56-53-50-47-44-41-38-34-30-27-24-21-18-15-12-9-6-3)60-69-63(66)57-54-51-48-45-42-39-36-33-29-26-23-20-17-14-11-8-5-2/h7,10,16-17,19-20,25-30,32,35-36,39-40,43,62H,4-6,8-9,11-15,18,21-24,31,33-34,37-38,41-42,44-61H2,1-3H3/b10-7-,19-16-,20-17-,28-25-,29-26-,30-27-,35-32-,39-36-,43-40-/t62-/m0/s1. The maximum Gasteiger partial charge on any atom is 0.306 e. The maximum absolute atomic E-state index is 12.9. The lowest BCUT2D eigenvalue weighted by Gasteiger charge is -2.18. The van der Waals surface area contributed by atoms with E-state index in [9.17, 15) is 14.4 Å². The molecule has 0 rings (SSSR count). The molecule has 0 aliphatic rings. The number of hydrogen-bond acceptors (Lipinski definition) is 6. The molecular formula is C65H108O6. The van der Waals surface area contributed by atoms with Gasteiger partial charge in [-0.25, -0.2) is 0 Å². The van der Waals surface area contributed by atoms with Crippen LogP contribution < -0.4 is 0 Å². The highest BCUT2D eigenvalue weighted by Gasteiger charge is 2.19. The Morgan fingerprint density at radius 2 is 0.549 bits per heavy atom. The Bertz CT molecular complexity index is 1460. The van der Waals surface area contributed by atoms with Gasteiger partial charge in [0.1, 0.15) is 13.2 Å². The molecule has 0 aliphatic carbocycles. The second kappa shape index (κ2) is 58.6. The van der Waals surface area contributed by atoms with Crippen LogP contribution >= 0.6 is 0 Å². The molecule has 0 saturated heterocycles. The molecule has 0 fully saturated rings. The van der Waals surface area contributed by atoms with Crippen molar-refractivity contribution in [2.75, 3.05) is 13.2 Å². The molecule has 6 heteroatoms. The number of unbranched alkanes of at least 4 members (excludes halogenated alkanes) is 23. The topological polar surface area (TPSA) is 78.9 Å². The van der Waals surface area contributed by atoms with Crippen LogP contribution in [0.4, 0.5) is 0 Å². The van der Waals surface area contributed by atoms with E-state index in [0.29, 0.717) is 19.3 Å². The van der Waals surface area contributed by atoms with Gasteiger partial charge in [0.15, 0.2) is 6.10 Å². The summed E-state index contributed by atoms with van der Waals surface area (Å²) < 4.78 is 16.8. The fourth-order valence-electron chi connectivity index (χ4n) is 7.82. The van der Waals surface area contributed by atoms with E-state index in [2.05, 4.69) is 130 Å². The average Bonchev–Trinajstić information content (AvgIpc) is 3.37. The molecule has 404 valence electrons. The molecule has 0 aromatic heterocycles. The van der Waals surface area contributed by atoms with Gasteiger partial charge in [-0.05, 0) is 128 Å². The van der Waals surface area contributed by atoms with Crippen molar-refractivity contribution in [3.63, 3.8) is 0 Å². The summed E-state index contributed by atoms with van der Waals surface area (Å²) in [5.74, 6) is -0.958. The molecular weight excluding hydrogens is 877 g/mol. The zero-order valence-corrected chi connectivity index (χ0v) is 46.2. The number of ether oxygens (including phenoxy) is 3. The van der Waals surface area contributed by atoms with Crippen molar-refractivity contribution in [2.45, 2.75) is 271 Å². The largest absolute Gasteiger partial charge is 0.462 e. The van der Waals surface area contributed by atoms with Crippen LogP contribution in [0.25, 0.3) is 0 Å². The van der Waals surface area contributed by atoms with Crippen LogP contribution in [0.15, 0.2) is 109 Å². The molecule has 0 heterocycles. The molecule has 1 atom stereocenters. The molecule has 0 N–H and O–H groups in total. The lowest BCUT2D eigenvalue weighted by molar-refractivity contribution is -0.167. The van der Waals surface area contributed by atoms with E-state index < -0.39 is 6.10 Å². The minimum atomic E-state index is -0.806. The smallest absolute Gasteiger partial charge is 0.306 e. The van der Waals surface area contributed by atoms with Crippen LogP contribution in [0.1, 0.15) is 265 Å². The predicted molar refractivity (Wildman–Crippen MR) is 307 cm³/mol. The van der Waals surface area contributed by atoms with Gasteiger partial charge < -0.3 is 14.2 Å². The molecule has 0 bridgehead atoms.